The predicted molar refractivity (Wildman–Crippen MR) is 83.0 cm³/mol. The quantitative estimate of drug-likeness (QED) is 0.635. The number of benzene rings is 1. The lowest BCUT2D eigenvalue weighted by Crippen LogP contribution is -2.46. The SMILES string of the molecule is CCCCCC[C@@]1(c2ccccc2)OC(C)(C)O[C@H]1C(F)(F)F. The first kappa shape index (κ1) is 18.3. The first-order valence-electron chi connectivity index (χ1n) is 8.21. The van der Waals surface area contributed by atoms with Crippen LogP contribution in [0.4, 0.5) is 13.2 Å². The predicted octanol–water partition coefficient (Wildman–Crippen LogP) is 5.57. The van der Waals surface area contributed by atoms with Gasteiger partial charge in [0.05, 0.1) is 0 Å². The van der Waals surface area contributed by atoms with Crippen LogP contribution in [0.3, 0.4) is 0 Å². The minimum atomic E-state index is -4.48. The van der Waals surface area contributed by atoms with E-state index in [1.165, 1.54) is 0 Å². The molecule has 5 heteroatoms. The molecule has 0 aromatic heterocycles. The number of alkyl halides is 3. The molecule has 1 aromatic carbocycles. The van der Waals surface area contributed by atoms with Gasteiger partial charge in [0.1, 0.15) is 5.60 Å². The van der Waals surface area contributed by atoms with Crippen molar-refractivity contribution in [3.8, 4) is 0 Å². The Balaban J connectivity index is 2.39. The van der Waals surface area contributed by atoms with Crippen LogP contribution in [-0.4, -0.2) is 18.1 Å². The summed E-state index contributed by atoms with van der Waals surface area (Å²) in [6.45, 7) is 5.16. The van der Waals surface area contributed by atoms with E-state index in [4.69, 9.17) is 9.47 Å². The molecule has 0 radical (unpaired) electrons. The third kappa shape index (κ3) is 4.07. The van der Waals surface area contributed by atoms with Crippen LogP contribution in [0.5, 0.6) is 0 Å². The van der Waals surface area contributed by atoms with Gasteiger partial charge in [-0.3, -0.25) is 0 Å². The molecule has 1 fully saturated rings. The molecule has 0 unspecified atom stereocenters. The molecule has 0 spiro atoms. The van der Waals surface area contributed by atoms with Crippen LogP contribution in [0.2, 0.25) is 0 Å². The maximum atomic E-state index is 13.7. The fourth-order valence-corrected chi connectivity index (χ4v) is 3.30. The molecule has 1 aromatic rings. The fraction of sp³-hybridized carbons (Fsp3) is 0.667. The maximum absolute atomic E-state index is 13.7. The molecule has 1 aliphatic rings. The van der Waals surface area contributed by atoms with Gasteiger partial charge in [0.25, 0.3) is 0 Å². The molecular formula is C18H25F3O2. The molecule has 0 amide bonds. The van der Waals surface area contributed by atoms with E-state index in [1.54, 1.807) is 44.2 Å². The third-order valence-corrected chi connectivity index (χ3v) is 4.21. The lowest BCUT2D eigenvalue weighted by molar-refractivity contribution is -0.238. The Labute approximate surface area is 136 Å². The Bertz CT molecular complexity index is 499. The zero-order valence-electron chi connectivity index (χ0n) is 14.0. The fourth-order valence-electron chi connectivity index (χ4n) is 3.30. The van der Waals surface area contributed by atoms with Crippen molar-refractivity contribution in [1.82, 2.24) is 0 Å². The largest absolute Gasteiger partial charge is 0.417 e. The lowest BCUT2D eigenvalue weighted by Gasteiger charge is -2.34. The molecule has 0 saturated carbocycles. The summed E-state index contributed by atoms with van der Waals surface area (Å²) in [4.78, 5) is 0. The second-order valence-electron chi connectivity index (χ2n) is 6.61. The van der Waals surface area contributed by atoms with E-state index in [0.29, 0.717) is 18.4 Å². The lowest BCUT2D eigenvalue weighted by atomic mass is 9.83. The molecule has 2 nitrogen and oxygen atoms in total. The molecule has 1 heterocycles. The van der Waals surface area contributed by atoms with Gasteiger partial charge in [0.15, 0.2) is 11.9 Å². The summed E-state index contributed by atoms with van der Waals surface area (Å²) in [7, 11) is 0. The molecule has 2 rings (SSSR count). The summed E-state index contributed by atoms with van der Waals surface area (Å²) in [6.07, 6.45) is -2.53. The highest BCUT2D eigenvalue weighted by Crippen LogP contribution is 2.52. The minimum Gasteiger partial charge on any atom is -0.336 e. The van der Waals surface area contributed by atoms with Crippen LogP contribution < -0.4 is 0 Å². The van der Waals surface area contributed by atoms with Crippen molar-refractivity contribution >= 4 is 0 Å². The van der Waals surface area contributed by atoms with Gasteiger partial charge in [0, 0.05) is 0 Å². The van der Waals surface area contributed by atoms with Crippen LogP contribution >= 0.6 is 0 Å². The maximum Gasteiger partial charge on any atom is 0.417 e. The summed E-state index contributed by atoms with van der Waals surface area (Å²) >= 11 is 0. The van der Waals surface area contributed by atoms with Gasteiger partial charge >= 0.3 is 6.18 Å². The van der Waals surface area contributed by atoms with Gasteiger partial charge in [-0.25, -0.2) is 0 Å². The van der Waals surface area contributed by atoms with Gasteiger partial charge in [-0.2, -0.15) is 13.2 Å². The Hall–Kier alpha value is -1.07. The third-order valence-electron chi connectivity index (χ3n) is 4.21. The summed E-state index contributed by atoms with van der Waals surface area (Å²) in [5.41, 5.74) is -0.944. The molecule has 2 atom stereocenters. The normalized spacial score (nSPS) is 27.3. The van der Waals surface area contributed by atoms with Gasteiger partial charge < -0.3 is 9.47 Å². The van der Waals surface area contributed by atoms with E-state index in [0.717, 1.165) is 19.3 Å². The molecule has 1 saturated heterocycles. The summed E-state index contributed by atoms with van der Waals surface area (Å²) in [6, 6.07) is 8.67. The molecule has 0 bridgehead atoms. The van der Waals surface area contributed by atoms with E-state index in [-0.39, 0.29) is 0 Å². The number of rotatable bonds is 6. The van der Waals surface area contributed by atoms with Gasteiger partial charge in [0.2, 0.25) is 0 Å². The number of hydrogen-bond donors (Lipinski definition) is 0. The standard InChI is InChI=1S/C18H25F3O2/c1-4-5-6-10-13-17(14-11-8-7-9-12-14)15(18(19,20)21)22-16(2,3)23-17/h7-9,11-12,15H,4-6,10,13H2,1-3H3/t15-,17+/m1/s1. The van der Waals surface area contributed by atoms with E-state index >= 15 is 0 Å². The van der Waals surface area contributed by atoms with Crippen LogP contribution in [0.25, 0.3) is 0 Å². The Morgan fingerprint density at radius 1 is 1.04 bits per heavy atom. The van der Waals surface area contributed by atoms with Crippen molar-refractivity contribution in [2.75, 3.05) is 0 Å². The minimum absolute atomic E-state index is 0.296. The van der Waals surface area contributed by atoms with E-state index in [2.05, 4.69) is 6.92 Å². The van der Waals surface area contributed by atoms with Crippen molar-refractivity contribution in [1.29, 1.82) is 0 Å². The summed E-state index contributed by atoms with van der Waals surface area (Å²) in [5, 5.41) is 0. The highest BCUT2D eigenvalue weighted by atomic mass is 19.4. The number of ether oxygens (including phenoxy) is 2. The monoisotopic (exact) mass is 330 g/mol. The molecule has 23 heavy (non-hydrogen) atoms. The van der Waals surface area contributed by atoms with Crippen LogP contribution in [0, 0.1) is 0 Å². The van der Waals surface area contributed by atoms with E-state index in [1.807, 2.05) is 0 Å². The molecule has 1 aliphatic heterocycles. The van der Waals surface area contributed by atoms with E-state index < -0.39 is 23.7 Å². The smallest absolute Gasteiger partial charge is 0.336 e. The number of hydrogen-bond acceptors (Lipinski definition) is 2. The van der Waals surface area contributed by atoms with Crippen molar-refractivity contribution < 1.29 is 22.6 Å². The summed E-state index contributed by atoms with van der Waals surface area (Å²) in [5.74, 6) is -1.26. The molecule has 0 aliphatic carbocycles. The zero-order valence-corrected chi connectivity index (χ0v) is 14.0. The highest BCUT2D eigenvalue weighted by Gasteiger charge is 2.64. The average Bonchev–Trinajstić information content (AvgIpc) is 2.77. The van der Waals surface area contributed by atoms with Gasteiger partial charge in [-0.15, -0.1) is 0 Å². The first-order valence-corrected chi connectivity index (χ1v) is 8.21. The van der Waals surface area contributed by atoms with Crippen LogP contribution in [-0.2, 0) is 15.1 Å². The Kier molecular flexibility index (Phi) is 5.41. The zero-order chi connectivity index (χ0) is 17.1. The van der Waals surface area contributed by atoms with Gasteiger partial charge in [-0.05, 0) is 25.8 Å². The van der Waals surface area contributed by atoms with Crippen LogP contribution in [0.15, 0.2) is 30.3 Å². The highest BCUT2D eigenvalue weighted by molar-refractivity contribution is 5.26. The van der Waals surface area contributed by atoms with Crippen LogP contribution in [0.1, 0.15) is 58.4 Å². The first-order chi connectivity index (χ1) is 10.7. The molecular weight excluding hydrogens is 305 g/mol. The second-order valence-corrected chi connectivity index (χ2v) is 6.61. The van der Waals surface area contributed by atoms with Crippen molar-refractivity contribution in [2.24, 2.45) is 0 Å². The second kappa shape index (κ2) is 6.81. The number of unbranched alkanes of at least 4 members (excludes halogenated alkanes) is 3. The Morgan fingerprint density at radius 2 is 1.70 bits per heavy atom. The molecule has 0 N–H and O–H groups in total. The Morgan fingerprint density at radius 3 is 2.26 bits per heavy atom. The van der Waals surface area contributed by atoms with E-state index in [9.17, 15) is 13.2 Å². The van der Waals surface area contributed by atoms with Gasteiger partial charge in [-0.1, -0.05) is 62.9 Å². The van der Waals surface area contributed by atoms with Crippen molar-refractivity contribution in [3.05, 3.63) is 35.9 Å². The molecule has 130 valence electrons. The van der Waals surface area contributed by atoms with Crippen molar-refractivity contribution in [2.45, 2.75) is 76.5 Å². The van der Waals surface area contributed by atoms with Crippen molar-refractivity contribution in [3.63, 3.8) is 0 Å². The summed E-state index contributed by atoms with van der Waals surface area (Å²) < 4.78 is 52.2. The number of halogens is 3. The average molecular weight is 330 g/mol. The topological polar surface area (TPSA) is 18.5 Å².